The molecule has 9 nitrogen and oxygen atoms in total. The number of amides is 2. The van der Waals surface area contributed by atoms with E-state index in [9.17, 15) is 22.8 Å². The molecule has 0 unspecified atom stereocenters. The maximum atomic E-state index is 12.7. The van der Waals surface area contributed by atoms with E-state index in [0.717, 1.165) is 10.5 Å². The van der Waals surface area contributed by atoms with Gasteiger partial charge < -0.3 is 13.7 Å². The van der Waals surface area contributed by atoms with Crippen molar-refractivity contribution in [2.24, 2.45) is 0 Å². The fourth-order valence-corrected chi connectivity index (χ4v) is 4.72. The maximum absolute atomic E-state index is 12.7. The molecule has 0 aromatic heterocycles. The molecule has 0 aliphatic carbocycles. The van der Waals surface area contributed by atoms with Crippen LogP contribution >= 0.6 is 11.8 Å². The molecule has 2 aromatic carbocycles. The van der Waals surface area contributed by atoms with Crippen molar-refractivity contribution in [3.8, 4) is 11.5 Å². The fraction of sp³-hybridized carbons (Fsp3) is 0.261. The SMILES string of the molecule is CCOC(=O)CN1C(=O)S/C(=C\c2ccc(OS(=O)(=O)c3ccc(C)cc3)c(OCC)c2)C1=O. The minimum absolute atomic E-state index is 0.0000936. The van der Waals surface area contributed by atoms with Crippen molar-refractivity contribution in [3.05, 3.63) is 58.5 Å². The highest BCUT2D eigenvalue weighted by Gasteiger charge is 2.36. The van der Waals surface area contributed by atoms with Crippen LogP contribution in [0.2, 0.25) is 0 Å². The van der Waals surface area contributed by atoms with Crippen LogP contribution in [0.3, 0.4) is 0 Å². The molecule has 0 bridgehead atoms. The average molecular weight is 506 g/mol. The largest absolute Gasteiger partial charge is 0.490 e. The topological polar surface area (TPSA) is 116 Å². The molecule has 2 amide bonds. The van der Waals surface area contributed by atoms with Crippen molar-refractivity contribution in [2.45, 2.75) is 25.7 Å². The van der Waals surface area contributed by atoms with E-state index in [2.05, 4.69) is 0 Å². The zero-order valence-corrected chi connectivity index (χ0v) is 20.4. The molecule has 1 fully saturated rings. The predicted octanol–water partition coefficient (Wildman–Crippen LogP) is 3.76. The highest BCUT2D eigenvalue weighted by atomic mass is 32.2. The van der Waals surface area contributed by atoms with Crippen LogP contribution in [-0.2, 0) is 24.4 Å². The minimum Gasteiger partial charge on any atom is -0.490 e. The molecular formula is C23H23NO8S2. The first-order valence-corrected chi connectivity index (χ1v) is 12.6. The van der Waals surface area contributed by atoms with Crippen LogP contribution in [0.4, 0.5) is 4.79 Å². The van der Waals surface area contributed by atoms with Crippen LogP contribution in [0.25, 0.3) is 6.08 Å². The first kappa shape index (κ1) is 25.3. The lowest BCUT2D eigenvalue weighted by atomic mass is 10.2. The van der Waals surface area contributed by atoms with Crippen molar-refractivity contribution >= 4 is 45.1 Å². The molecular weight excluding hydrogens is 482 g/mol. The summed E-state index contributed by atoms with van der Waals surface area (Å²) in [6.07, 6.45) is 1.46. The predicted molar refractivity (Wildman–Crippen MR) is 126 cm³/mol. The van der Waals surface area contributed by atoms with Gasteiger partial charge in [0.2, 0.25) is 0 Å². The Labute approximate surface area is 201 Å². The number of carbonyl (C=O) groups is 3. The van der Waals surface area contributed by atoms with Crippen LogP contribution in [-0.4, -0.2) is 50.2 Å². The highest BCUT2D eigenvalue weighted by Crippen LogP contribution is 2.35. The van der Waals surface area contributed by atoms with E-state index in [0.29, 0.717) is 17.3 Å². The van der Waals surface area contributed by atoms with E-state index in [4.69, 9.17) is 13.7 Å². The van der Waals surface area contributed by atoms with Crippen molar-refractivity contribution < 1.29 is 36.5 Å². The number of carbonyl (C=O) groups excluding carboxylic acids is 3. The summed E-state index contributed by atoms with van der Waals surface area (Å²) >= 11 is 0.691. The second-order valence-corrected chi connectivity index (χ2v) is 9.60. The van der Waals surface area contributed by atoms with Crippen LogP contribution in [0.5, 0.6) is 11.5 Å². The van der Waals surface area contributed by atoms with Gasteiger partial charge in [0.15, 0.2) is 11.5 Å². The summed E-state index contributed by atoms with van der Waals surface area (Å²) in [4.78, 5) is 37.3. The number of nitrogens with zero attached hydrogens (tertiary/aromatic N) is 1. The summed E-state index contributed by atoms with van der Waals surface area (Å²) in [7, 11) is -4.09. The van der Waals surface area contributed by atoms with Gasteiger partial charge in [0, 0.05) is 0 Å². The molecule has 180 valence electrons. The van der Waals surface area contributed by atoms with E-state index in [1.807, 2.05) is 6.92 Å². The van der Waals surface area contributed by atoms with Crippen molar-refractivity contribution in [3.63, 3.8) is 0 Å². The van der Waals surface area contributed by atoms with Gasteiger partial charge in [-0.15, -0.1) is 0 Å². The van der Waals surface area contributed by atoms with E-state index in [-0.39, 0.29) is 34.5 Å². The summed E-state index contributed by atoms with van der Waals surface area (Å²) in [6, 6.07) is 10.7. The maximum Gasteiger partial charge on any atom is 0.339 e. The van der Waals surface area contributed by atoms with Crippen molar-refractivity contribution in [1.82, 2.24) is 4.90 Å². The molecule has 1 aliphatic rings. The minimum atomic E-state index is -4.09. The van der Waals surface area contributed by atoms with Gasteiger partial charge in [-0.3, -0.25) is 19.3 Å². The number of hydrogen-bond acceptors (Lipinski definition) is 9. The van der Waals surface area contributed by atoms with E-state index >= 15 is 0 Å². The second kappa shape index (κ2) is 10.7. The molecule has 1 aliphatic heterocycles. The zero-order valence-electron chi connectivity index (χ0n) is 18.8. The molecule has 0 atom stereocenters. The normalized spacial score (nSPS) is 15.0. The lowest BCUT2D eigenvalue weighted by molar-refractivity contribution is -0.145. The molecule has 0 radical (unpaired) electrons. The molecule has 2 aromatic rings. The smallest absolute Gasteiger partial charge is 0.339 e. The Morgan fingerprint density at radius 3 is 2.38 bits per heavy atom. The van der Waals surface area contributed by atoms with Gasteiger partial charge in [0.25, 0.3) is 11.1 Å². The summed E-state index contributed by atoms with van der Waals surface area (Å²) in [5.74, 6) is -1.17. The number of thioether (sulfide) groups is 1. The van der Waals surface area contributed by atoms with Gasteiger partial charge in [-0.05, 0) is 68.4 Å². The number of ether oxygens (including phenoxy) is 2. The van der Waals surface area contributed by atoms with Gasteiger partial charge in [0.1, 0.15) is 11.4 Å². The van der Waals surface area contributed by atoms with Gasteiger partial charge >= 0.3 is 16.1 Å². The number of esters is 1. The summed E-state index contributed by atoms with van der Waals surface area (Å²) in [5.41, 5.74) is 1.38. The van der Waals surface area contributed by atoms with E-state index in [1.165, 1.54) is 36.4 Å². The number of aryl methyl sites for hydroxylation is 1. The highest BCUT2D eigenvalue weighted by molar-refractivity contribution is 8.18. The molecule has 34 heavy (non-hydrogen) atoms. The zero-order chi connectivity index (χ0) is 24.9. The standard InChI is InChI=1S/C23H23NO8S2/c1-4-30-19-12-16(13-20-22(26)24(23(27)33-20)14-21(25)31-5-2)8-11-18(19)32-34(28,29)17-9-6-15(3)7-10-17/h6-13H,4-5,14H2,1-3H3/b20-13-. The summed E-state index contributed by atoms with van der Waals surface area (Å²) in [6.45, 7) is 5.10. The molecule has 1 heterocycles. The Kier molecular flexibility index (Phi) is 8.00. The quantitative estimate of drug-likeness (QED) is 0.285. The van der Waals surface area contributed by atoms with E-state index < -0.39 is 33.8 Å². The van der Waals surface area contributed by atoms with Crippen LogP contribution in [0, 0.1) is 6.92 Å². The van der Waals surface area contributed by atoms with Gasteiger partial charge in [-0.1, -0.05) is 23.8 Å². The number of imide groups is 1. The third kappa shape index (κ3) is 5.97. The monoisotopic (exact) mass is 505 g/mol. The first-order chi connectivity index (χ1) is 16.1. The number of hydrogen-bond donors (Lipinski definition) is 0. The third-order valence-corrected chi connectivity index (χ3v) is 6.70. The Balaban J connectivity index is 1.84. The molecule has 3 rings (SSSR count). The van der Waals surface area contributed by atoms with E-state index in [1.54, 1.807) is 26.0 Å². The average Bonchev–Trinajstić information content (AvgIpc) is 3.03. The third-order valence-electron chi connectivity index (χ3n) is 4.54. The van der Waals surface area contributed by atoms with Crippen LogP contribution < -0.4 is 8.92 Å². The first-order valence-electron chi connectivity index (χ1n) is 10.3. The molecule has 0 N–H and O–H groups in total. The van der Waals surface area contributed by atoms with Crippen molar-refractivity contribution in [1.29, 1.82) is 0 Å². The fourth-order valence-electron chi connectivity index (χ4n) is 2.95. The van der Waals surface area contributed by atoms with Gasteiger partial charge in [0.05, 0.1) is 18.1 Å². The second-order valence-electron chi connectivity index (χ2n) is 7.06. The van der Waals surface area contributed by atoms with Crippen molar-refractivity contribution in [2.75, 3.05) is 19.8 Å². The Morgan fingerprint density at radius 1 is 1.03 bits per heavy atom. The Morgan fingerprint density at radius 2 is 1.74 bits per heavy atom. The lowest BCUT2D eigenvalue weighted by Crippen LogP contribution is -2.34. The van der Waals surface area contributed by atoms with Crippen LogP contribution in [0.15, 0.2) is 52.3 Å². The number of rotatable bonds is 9. The Bertz CT molecular complexity index is 1240. The number of benzene rings is 2. The molecule has 11 heteroatoms. The molecule has 0 saturated carbocycles. The Hall–Kier alpha value is -3.31. The molecule has 1 saturated heterocycles. The van der Waals surface area contributed by atoms with Gasteiger partial charge in [-0.2, -0.15) is 8.42 Å². The van der Waals surface area contributed by atoms with Gasteiger partial charge in [-0.25, -0.2) is 0 Å². The summed E-state index contributed by atoms with van der Waals surface area (Å²) < 4.78 is 41.0. The lowest BCUT2D eigenvalue weighted by Gasteiger charge is -2.13. The summed E-state index contributed by atoms with van der Waals surface area (Å²) in [5, 5.41) is -0.585. The molecule has 0 spiro atoms. The van der Waals surface area contributed by atoms with Crippen LogP contribution in [0.1, 0.15) is 25.0 Å².